The molecule has 0 aliphatic carbocycles. The maximum atomic E-state index is 12.0. The van der Waals surface area contributed by atoms with Gasteiger partial charge in [0.1, 0.15) is 0 Å². The molecule has 1 fully saturated rings. The first-order chi connectivity index (χ1) is 10.0. The summed E-state index contributed by atoms with van der Waals surface area (Å²) in [5.41, 5.74) is 0.522. The van der Waals surface area contributed by atoms with Gasteiger partial charge in [0.05, 0.1) is 6.04 Å². The molecule has 1 heterocycles. The van der Waals surface area contributed by atoms with Crippen LogP contribution < -0.4 is 0 Å². The van der Waals surface area contributed by atoms with E-state index in [1.807, 2.05) is 58.2 Å². The van der Waals surface area contributed by atoms with Crippen molar-refractivity contribution < 1.29 is 9.53 Å². The molecule has 0 saturated carbocycles. The number of carbonyl (C=O) groups is 1. The fourth-order valence-electron chi connectivity index (χ4n) is 3.30. The van der Waals surface area contributed by atoms with E-state index in [4.69, 9.17) is 4.74 Å². The fourth-order valence-corrected chi connectivity index (χ4v) is 3.30. The number of ether oxygens (including phenoxy) is 1. The maximum absolute atomic E-state index is 12.0. The molecule has 0 aromatic heterocycles. The SMILES string of the molecule is CC.CCC(CC)C1N(C)C(=O)O[C@]1(C)c1ccccc1. The molecule has 1 aliphatic rings. The van der Waals surface area contributed by atoms with E-state index in [2.05, 4.69) is 13.8 Å². The summed E-state index contributed by atoms with van der Waals surface area (Å²) in [6, 6.07) is 10.2. The van der Waals surface area contributed by atoms with Crippen LogP contribution >= 0.6 is 0 Å². The van der Waals surface area contributed by atoms with Crippen LogP contribution in [0, 0.1) is 5.92 Å². The number of likely N-dealkylation sites (N-methyl/N-ethyl adjacent to an activating group) is 1. The predicted molar refractivity (Wildman–Crippen MR) is 87.2 cm³/mol. The number of nitrogens with zero attached hydrogens (tertiary/aromatic N) is 1. The van der Waals surface area contributed by atoms with Crippen LogP contribution in [-0.4, -0.2) is 24.1 Å². The van der Waals surface area contributed by atoms with Gasteiger partial charge in [-0.25, -0.2) is 4.79 Å². The molecule has 1 unspecified atom stereocenters. The first kappa shape index (κ1) is 17.5. The second-order valence-corrected chi connectivity index (χ2v) is 5.47. The number of cyclic esters (lactones) is 1. The summed E-state index contributed by atoms with van der Waals surface area (Å²) in [5, 5.41) is 0. The van der Waals surface area contributed by atoms with Crippen molar-refractivity contribution in [3.63, 3.8) is 0 Å². The highest BCUT2D eigenvalue weighted by atomic mass is 16.6. The average Bonchev–Trinajstić information content (AvgIpc) is 2.76. The molecule has 3 heteroatoms. The minimum Gasteiger partial charge on any atom is -0.436 e. The second-order valence-electron chi connectivity index (χ2n) is 5.47. The van der Waals surface area contributed by atoms with E-state index in [9.17, 15) is 4.79 Å². The summed E-state index contributed by atoms with van der Waals surface area (Å²) in [7, 11) is 1.85. The lowest BCUT2D eigenvalue weighted by Crippen LogP contribution is -2.45. The molecular weight excluding hydrogens is 262 g/mol. The van der Waals surface area contributed by atoms with Crippen LogP contribution in [0.1, 0.15) is 53.0 Å². The smallest absolute Gasteiger partial charge is 0.410 e. The molecule has 118 valence electrons. The van der Waals surface area contributed by atoms with E-state index in [0.29, 0.717) is 5.92 Å². The zero-order valence-corrected chi connectivity index (χ0v) is 14.2. The summed E-state index contributed by atoms with van der Waals surface area (Å²) in [6.07, 6.45) is 1.87. The molecule has 1 saturated heterocycles. The molecule has 0 radical (unpaired) electrons. The molecule has 1 amide bonds. The Morgan fingerprint density at radius 1 is 1.19 bits per heavy atom. The van der Waals surface area contributed by atoms with E-state index in [0.717, 1.165) is 18.4 Å². The van der Waals surface area contributed by atoms with Gasteiger partial charge in [-0.3, -0.25) is 0 Å². The van der Waals surface area contributed by atoms with Crippen molar-refractivity contribution in [2.75, 3.05) is 7.05 Å². The van der Waals surface area contributed by atoms with E-state index in [1.54, 1.807) is 4.90 Å². The zero-order valence-electron chi connectivity index (χ0n) is 14.2. The lowest BCUT2D eigenvalue weighted by molar-refractivity contribution is 0.0292. The first-order valence-electron chi connectivity index (χ1n) is 8.05. The Balaban J connectivity index is 0.00000106. The van der Waals surface area contributed by atoms with Crippen molar-refractivity contribution >= 4 is 6.09 Å². The number of rotatable bonds is 4. The minimum atomic E-state index is -0.552. The summed E-state index contributed by atoms with van der Waals surface area (Å²) in [5.74, 6) is 0.446. The minimum absolute atomic E-state index is 0.0948. The van der Waals surface area contributed by atoms with Gasteiger partial charge in [0, 0.05) is 7.05 Å². The van der Waals surface area contributed by atoms with Crippen molar-refractivity contribution in [1.29, 1.82) is 0 Å². The molecule has 2 atom stereocenters. The van der Waals surface area contributed by atoms with Gasteiger partial charge in [0.2, 0.25) is 0 Å². The third-order valence-electron chi connectivity index (χ3n) is 4.41. The van der Waals surface area contributed by atoms with Gasteiger partial charge >= 0.3 is 6.09 Å². The van der Waals surface area contributed by atoms with Crippen molar-refractivity contribution in [3.05, 3.63) is 35.9 Å². The lowest BCUT2D eigenvalue weighted by atomic mass is 9.78. The Hall–Kier alpha value is -1.51. The maximum Gasteiger partial charge on any atom is 0.410 e. The number of amides is 1. The van der Waals surface area contributed by atoms with Crippen LogP contribution in [0.15, 0.2) is 30.3 Å². The molecule has 0 bridgehead atoms. The highest BCUT2D eigenvalue weighted by molar-refractivity contribution is 5.71. The first-order valence-corrected chi connectivity index (χ1v) is 8.05. The Morgan fingerprint density at radius 2 is 1.71 bits per heavy atom. The van der Waals surface area contributed by atoms with Crippen molar-refractivity contribution in [3.8, 4) is 0 Å². The van der Waals surface area contributed by atoms with Crippen LogP contribution in [0.25, 0.3) is 0 Å². The van der Waals surface area contributed by atoms with Gasteiger partial charge in [-0.15, -0.1) is 0 Å². The number of benzene rings is 1. The summed E-state index contributed by atoms with van der Waals surface area (Å²) in [6.45, 7) is 10.4. The highest BCUT2D eigenvalue weighted by Crippen LogP contribution is 2.42. The summed E-state index contributed by atoms with van der Waals surface area (Å²) < 4.78 is 5.73. The molecule has 2 rings (SSSR count). The lowest BCUT2D eigenvalue weighted by Gasteiger charge is -2.36. The fraction of sp³-hybridized carbons (Fsp3) is 0.611. The average molecular weight is 291 g/mol. The van der Waals surface area contributed by atoms with E-state index in [1.165, 1.54) is 0 Å². The van der Waals surface area contributed by atoms with E-state index >= 15 is 0 Å². The molecule has 1 aromatic carbocycles. The van der Waals surface area contributed by atoms with Gasteiger partial charge < -0.3 is 9.64 Å². The summed E-state index contributed by atoms with van der Waals surface area (Å²) >= 11 is 0. The molecule has 0 spiro atoms. The van der Waals surface area contributed by atoms with Crippen LogP contribution in [0.2, 0.25) is 0 Å². The number of carbonyl (C=O) groups excluding carboxylic acids is 1. The van der Waals surface area contributed by atoms with Crippen LogP contribution in [0.3, 0.4) is 0 Å². The quantitative estimate of drug-likeness (QED) is 0.796. The molecule has 21 heavy (non-hydrogen) atoms. The molecule has 1 aliphatic heterocycles. The largest absolute Gasteiger partial charge is 0.436 e. The third-order valence-corrected chi connectivity index (χ3v) is 4.41. The standard InChI is InChI=1S/C16H23NO2.C2H6/c1-5-12(6-2)14-16(3,19-15(18)17(14)4)13-10-8-7-9-11-13;1-2/h7-12,14H,5-6H2,1-4H3;1-2H3/t14?,16-;/m1./s1. The predicted octanol–water partition coefficient (Wildman–Crippen LogP) is 4.81. The van der Waals surface area contributed by atoms with Crippen molar-refractivity contribution in [2.24, 2.45) is 5.92 Å². The van der Waals surface area contributed by atoms with Gasteiger partial charge in [-0.2, -0.15) is 0 Å². The van der Waals surface area contributed by atoms with Crippen LogP contribution in [0.5, 0.6) is 0 Å². The van der Waals surface area contributed by atoms with E-state index < -0.39 is 5.60 Å². The highest BCUT2D eigenvalue weighted by Gasteiger charge is 2.52. The summed E-state index contributed by atoms with van der Waals surface area (Å²) in [4.78, 5) is 13.8. The normalized spacial score (nSPS) is 24.6. The Labute approximate surface area is 129 Å². The number of hydrogen-bond donors (Lipinski definition) is 0. The Kier molecular flexibility index (Phi) is 6.25. The molecule has 1 aromatic rings. The Morgan fingerprint density at radius 3 is 2.19 bits per heavy atom. The molecular formula is C18H29NO2. The van der Waals surface area contributed by atoms with Gasteiger partial charge in [-0.1, -0.05) is 70.9 Å². The monoisotopic (exact) mass is 291 g/mol. The van der Waals surface area contributed by atoms with Gasteiger partial charge in [0.15, 0.2) is 5.60 Å². The Bertz CT molecular complexity index is 442. The zero-order chi connectivity index (χ0) is 16.0. The third kappa shape index (κ3) is 3.22. The van der Waals surface area contributed by atoms with Gasteiger partial charge in [-0.05, 0) is 18.4 Å². The number of hydrogen-bond acceptors (Lipinski definition) is 2. The van der Waals surface area contributed by atoms with Gasteiger partial charge in [0.25, 0.3) is 0 Å². The van der Waals surface area contributed by atoms with E-state index in [-0.39, 0.29) is 12.1 Å². The van der Waals surface area contributed by atoms with Crippen molar-refractivity contribution in [1.82, 2.24) is 4.90 Å². The molecule has 0 N–H and O–H groups in total. The van der Waals surface area contributed by atoms with Crippen LogP contribution in [0.4, 0.5) is 4.79 Å². The second kappa shape index (κ2) is 7.48. The van der Waals surface area contributed by atoms with Crippen LogP contribution in [-0.2, 0) is 10.3 Å². The van der Waals surface area contributed by atoms with Crippen molar-refractivity contribution in [2.45, 2.75) is 59.1 Å². The molecule has 3 nitrogen and oxygen atoms in total. The topological polar surface area (TPSA) is 29.5 Å².